The molecule has 0 atom stereocenters. The van der Waals surface area contributed by atoms with Crippen molar-refractivity contribution in [1.29, 1.82) is 0 Å². The minimum atomic E-state index is -0.0244. The molecule has 0 aliphatic rings. The summed E-state index contributed by atoms with van der Waals surface area (Å²) in [4.78, 5) is 11.5. The summed E-state index contributed by atoms with van der Waals surface area (Å²) in [5.41, 5.74) is 1.54. The van der Waals surface area contributed by atoms with Crippen LogP contribution >= 0.6 is 0 Å². The summed E-state index contributed by atoms with van der Waals surface area (Å²) < 4.78 is 1.73. The van der Waals surface area contributed by atoms with Crippen LogP contribution in [-0.4, -0.2) is 9.78 Å². The summed E-state index contributed by atoms with van der Waals surface area (Å²) in [6, 6.07) is 7.05. The molecule has 0 N–H and O–H groups in total. The summed E-state index contributed by atoms with van der Waals surface area (Å²) in [7, 11) is 1.84. The lowest BCUT2D eigenvalue weighted by molar-refractivity contribution is 0.750. The maximum absolute atomic E-state index is 11.5. The van der Waals surface area contributed by atoms with E-state index in [0.717, 1.165) is 11.1 Å². The SMILES string of the molecule is Cc1c2ccccc(=O)c2nn1C. The van der Waals surface area contributed by atoms with E-state index in [9.17, 15) is 4.79 Å². The van der Waals surface area contributed by atoms with Crippen LogP contribution in [0.15, 0.2) is 29.1 Å². The van der Waals surface area contributed by atoms with Gasteiger partial charge in [0.25, 0.3) is 0 Å². The lowest BCUT2D eigenvalue weighted by atomic mass is 10.3. The summed E-state index contributed by atoms with van der Waals surface area (Å²) >= 11 is 0. The Bertz CT molecular complexity index is 514. The zero-order chi connectivity index (χ0) is 9.42. The van der Waals surface area contributed by atoms with Crippen LogP contribution in [0.5, 0.6) is 0 Å². The fourth-order valence-electron chi connectivity index (χ4n) is 1.38. The minimum Gasteiger partial charge on any atom is -0.287 e. The average Bonchev–Trinajstić information content (AvgIpc) is 2.30. The van der Waals surface area contributed by atoms with Gasteiger partial charge in [-0.15, -0.1) is 0 Å². The van der Waals surface area contributed by atoms with Crippen molar-refractivity contribution in [2.24, 2.45) is 7.05 Å². The van der Waals surface area contributed by atoms with Crippen LogP contribution in [0.4, 0.5) is 0 Å². The summed E-state index contributed by atoms with van der Waals surface area (Å²) in [5, 5.41) is 5.08. The molecule has 1 aromatic carbocycles. The van der Waals surface area contributed by atoms with Crippen LogP contribution in [0.2, 0.25) is 0 Å². The zero-order valence-corrected chi connectivity index (χ0v) is 7.61. The van der Waals surface area contributed by atoms with Gasteiger partial charge in [-0.3, -0.25) is 9.48 Å². The quantitative estimate of drug-likeness (QED) is 0.602. The van der Waals surface area contributed by atoms with E-state index >= 15 is 0 Å². The zero-order valence-electron chi connectivity index (χ0n) is 7.61. The number of hydrogen-bond acceptors (Lipinski definition) is 2. The Morgan fingerprint density at radius 3 is 2.77 bits per heavy atom. The van der Waals surface area contributed by atoms with Crippen LogP contribution in [0.1, 0.15) is 5.69 Å². The van der Waals surface area contributed by atoms with E-state index in [0.29, 0.717) is 5.52 Å². The third-order valence-corrected chi connectivity index (χ3v) is 2.24. The summed E-state index contributed by atoms with van der Waals surface area (Å²) in [5.74, 6) is 0. The molecular formula is C10H10N2O. The highest BCUT2D eigenvalue weighted by atomic mass is 16.1. The molecule has 0 bridgehead atoms. The normalized spacial score (nSPS) is 10.6. The lowest BCUT2D eigenvalue weighted by Crippen LogP contribution is -1.97. The van der Waals surface area contributed by atoms with E-state index in [2.05, 4.69) is 5.10 Å². The standard InChI is InChI=1S/C10H10N2O/c1-7-8-5-3-4-6-9(13)10(8)11-12(7)2/h3-6H,1-2H3. The highest BCUT2D eigenvalue weighted by molar-refractivity contribution is 5.80. The van der Waals surface area contributed by atoms with Crippen molar-refractivity contribution < 1.29 is 0 Å². The first kappa shape index (κ1) is 7.98. The molecule has 13 heavy (non-hydrogen) atoms. The number of hydrogen-bond donors (Lipinski definition) is 0. The third-order valence-electron chi connectivity index (χ3n) is 2.24. The molecule has 0 unspecified atom stereocenters. The van der Waals surface area contributed by atoms with Crippen LogP contribution in [-0.2, 0) is 7.05 Å². The Kier molecular flexibility index (Phi) is 1.65. The van der Waals surface area contributed by atoms with Gasteiger partial charge in [-0.2, -0.15) is 5.10 Å². The highest BCUT2D eigenvalue weighted by Gasteiger charge is 2.04. The Labute approximate surface area is 75.6 Å². The van der Waals surface area contributed by atoms with E-state index in [1.54, 1.807) is 10.7 Å². The Morgan fingerprint density at radius 2 is 2.00 bits per heavy atom. The predicted molar refractivity (Wildman–Crippen MR) is 51.7 cm³/mol. The fourth-order valence-corrected chi connectivity index (χ4v) is 1.38. The molecule has 0 saturated heterocycles. The van der Waals surface area contributed by atoms with Gasteiger partial charge in [-0.05, 0) is 13.0 Å². The molecule has 3 nitrogen and oxygen atoms in total. The van der Waals surface area contributed by atoms with Gasteiger partial charge in [0.1, 0.15) is 5.52 Å². The molecule has 3 heteroatoms. The molecule has 1 heterocycles. The molecule has 0 amide bonds. The van der Waals surface area contributed by atoms with Gasteiger partial charge in [-0.25, -0.2) is 0 Å². The third kappa shape index (κ3) is 1.13. The van der Waals surface area contributed by atoms with Crippen LogP contribution < -0.4 is 5.43 Å². The van der Waals surface area contributed by atoms with E-state index in [-0.39, 0.29) is 5.43 Å². The molecule has 66 valence electrons. The first-order valence-corrected chi connectivity index (χ1v) is 4.13. The van der Waals surface area contributed by atoms with Crippen molar-refractivity contribution in [1.82, 2.24) is 9.78 Å². The number of aromatic nitrogens is 2. The molecule has 0 fully saturated rings. The van der Waals surface area contributed by atoms with Crippen molar-refractivity contribution in [2.45, 2.75) is 6.92 Å². The Balaban J connectivity index is 3.08. The predicted octanol–water partition coefficient (Wildman–Crippen LogP) is 1.24. The molecule has 2 rings (SSSR count). The van der Waals surface area contributed by atoms with Crippen molar-refractivity contribution in [3.05, 3.63) is 40.2 Å². The smallest absolute Gasteiger partial charge is 0.206 e. The van der Waals surface area contributed by atoms with Crippen LogP contribution in [0.3, 0.4) is 0 Å². The van der Waals surface area contributed by atoms with Gasteiger partial charge >= 0.3 is 0 Å². The second-order valence-electron chi connectivity index (χ2n) is 3.05. The molecule has 0 spiro atoms. The number of aryl methyl sites for hydroxylation is 2. The summed E-state index contributed by atoms with van der Waals surface area (Å²) in [6.45, 7) is 1.95. The molecular weight excluding hydrogens is 164 g/mol. The van der Waals surface area contributed by atoms with Crippen LogP contribution in [0.25, 0.3) is 10.9 Å². The van der Waals surface area contributed by atoms with Gasteiger partial charge in [0.05, 0.1) is 0 Å². The van der Waals surface area contributed by atoms with Gasteiger partial charge in [0, 0.05) is 18.1 Å². The second kappa shape index (κ2) is 2.69. The monoisotopic (exact) mass is 174 g/mol. The first-order valence-electron chi connectivity index (χ1n) is 4.13. The Morgan fingerprint density at radius 1 is 1.31 bits per heavy atom. The number of rotatable bonds is 0. The van der Waals surface area contributed by atoms with Crippen molar-refractivity contribution in [2.75, 3.05) is 0 Å². The van der Waals surface area contributed by atoms with E-state index in [1.165, 1.54) is 6.07 Å². The minimum absolute atomic E-state index is 0.0244. The lowest BCUT2D eigenvalue weighted by Gasteiger charge is -1.89. The van der Waals surface area contributed by atoms with Crippen molar-refractivity contribution in [3.63, 3.8) is 0 Å². The van der Waals surface area contributed by atoms with E-state index in [1.807, 2.05) is 26.1 Å². The van der Waals surface area contributed by atoms with Crippen molar-refractivity contribution in [3.8, 4) is 0 Å². The van der Waals surface area contributed by atoms with E-state index < -0.39 is 0 Å². The maximum Gasteiger partial charge on any atom is 0.206 e. The molecule has 0 aliphatic heterocycles. The molecule has 2 aromatic rings. The van der Waals surface area contributed by atoms with Gasteiger partial charge < -0.3 is 0 Å². The Hall–Kier alpha value is -1.64. The molecule has 0 radical (unpaired) electrons. The summed E-state index contributed by atoms with van der Waals surface area (Å²) in [6.07, 6.45) is 0. The fraction of sp³-hybridized carbons (Fsp3) is 0.200. The van der Waals surface area contributed by atoms with Gasteiger partial charge in [0.2, 0.25) is 5.43 Å². The second-order valence-corrected chi connectivity index (χ2v) is 3.05. The maximum atomic E-state index is 11.5. The number of nitrogens with zero attached hydrogens (tertiary/aromatic N) is 2. The van der Waals surface area contributed by atoms with E-state index in [4.69, 9.17) is 0 Å². The molecule has 0 saturated carbocycles. The average molecular weight is 174 g/mol. The van der Waals surface area contributed by atoms with Crippen molar-refractivity contribution >= 4 is 10.9 Å². The first-order chi connectivity index (χ1) is 6.20. The van der Waals surface area contributed by atoms with Gasteiger partial charge in [-0.1, -0.05) is 18.2 Å². The molecule has 1 aromatic heterocycles. The highest BCUT2D eigenvalue weighted by Crippen LogP contribution is 2.11. The molecule has 0 aliphatic carbocycles. The van der Waals surface area contributed by atoms with Crippen LogP contribution in [0, 0.1) is 6.92 Å². The van der Waals surface area contributed by atoms with Gasteiger partial charge in [0.15, 0.2) is 0 Å². The largest absolute Gasteiger partial charge is 0.287 e. The number of fused-ring (bicyclic) bond motifs is 1. The topological polar surface area (TPSA) is 34.9 Å².